The van der Waals surface area contributed by atoms with Crippen molar-refractivity contribution in [2.75, 3.05) is 0 Å². The van der Waals surface area contributed by atoms with Gasteiger partial charge >= 0.3 is 11.9 Å². The molecular formula is F2OS. The van der Waals surface area contributed by atoms with E-state index in [0.29, 0.717) is 0 Å². The molecule has 0 radical (unpaired) electrons. The fraction of sp³-hybridized carbons (Fsp3) is 0. The average Bonchev–Trinajstić information content (AvgIpc) is 0.811. The molecule has 0 aliphatic heterocycles. The van der Waals surface area contributed by atoms with E-state index < -0.39 is 11.9 Å². The van der Waals surface area contributed by atoms with E-state index in [2.05, 4.69) is 0 Å². The molecule has 0 saturated carbocycles. The predicted molar refractivity (Wildman–Crippen MR) is 10.4 cm³/mol. The van der Waals surface area contributed by atoms with Crippen molar-refractivity contribution in [2.45, 2.75) is 0 Å². The van der Waals surface area contributed by atoms with Gasteiger partial charge in [0.1, 0.15) is 0 Å². The lowest BCUT2D eigenvalue weighted by molar-refractivity contribution is 0.500. The molecule has 0 atom stereocenters. The second kappa shape index (κ2) is 1.49. The van der Waals surface area contributed by atoms with Crippen LogP contribution in [0.4, 0.5) is 7.77 Å². The van der Waals surface area contributed by atoms with E-state index in [1.54, 1.807) is 0 Å². The molecule has 0 amide bonds. The molecule has 0 aliphatic carbocycles. The third-order valence-electron chi connectivity index (χ3n) is 0. The first-order valence-electron chi connectivity index (χ1n) is 0.475. The van der Waals surface area contributed by atoms with E-state index in [1.165, 1.54) is 0 Å². The fourth-order valence-corrected chi connectivity index (χ4v) is 0. The summed E-state index contributed by atoms with van der Waals surface area (Å²) in [5.74, 6) is 0. The van der Waals surface area contributed by atoms with Crippen LogP contribution < -0.4 is 0 Å². The monoisotopic (exact) mass is 86.0 g/mol. The van der Waals surface area contributed by atoms with Gasteiger partial charge in [0.2, 0.25) is 0 Å². The summed E-state index contributed by atoms with van der Waals surface area (Å²) in [4.78, 5) is 0. The van der Waals surface area contributed by atoms with E-state index in [-0.39, 0.29) is 0 Å². The molecule has 0 fully saturated rings. The molecule has 0 heterocycles. The summed E-state index contributed by atoms with van der Waals surface area (Å²) >= 11 is -3.61. The Morgan fingerprint density at radius 1 is 1.50 bits per heavy atom. The van der Waals surface area contributed by atoms with Gasteiger partial charge in [-0.2, -0.15) is 0 Å². The fourth-order valence-electron chi connectivity index (χ4n) is 0. The summed E-state index contributed by atoms with van der Waals surface area (Å²) in [7, 11) is 0. The van der Waals surface area contributed by atoms with Gasteiger partial charge in [0.25, 0.3) is 0 Å². The maximum atomic E-state index is 9.81. The Balaban J connectivity index is 2.32. The van der Waals surface area contributed by atoms with Gasteiger partial charge in [-0.05, 0) is 0 Å². The molecule has 0 aromatic carbocycles. The topological polar surface area (TPSA) is 23.1 Å². The Labute approximate surface area is 25.4 Å². The third kappa shape index (κ3) is 103. The molecule has 0 N–H and O–H groups in total. The van der Waals surface area contributed by atoms with Crippen molar-refractivity contribution >= 4 is 11.9 Å². The van der Waals surface area contributed by atoms with Crippen LogP contribution in [-0.4, -0.2) is 4.55 Å². The zero-order chi connectivity index (χ0) is 3.58. The van der Waals surface area contributed by atoms with Gasteiger partial charge in [0.05, 0.1) is 7.77 Å². The van der Waals surface area contributed by atoms with Crippen molar-refractivity contribution in [3.05, 3.63) is 0 Å². The van der Waals surface area contributed by atoms with Crippen molar-refractivity contribution in [3.63, 3.8) is 0 Å². The first kappa shape index (κ1) is 4.17. The van der Waals surface area contributed by atoms with Crippen LogP contribution in [0.15, 0.2) is 0 Å². The molecule has 4 heavy (non-hydrogen) atoms. The zero-order valence-corrected chi connectivity index (χ0v) is 2.39. The summed E-state index contributed by atoms with van der Waals surface area (Å²) in [6.07, 6.45) is 0. The summed E-state index contributed by atoms with van der Waals surface area (Å²) in [6, 6.07) is 0. The van der Waals surface area contributed by atoms with Crippen molar-refractivity contribution in [1.82, 2.24) is 0 Å². The summed E-state index contributed by atoms with van der Waals surface area (Å²) < 4.78 is 27.8. The Morgan fingerprint density at radius 2 is 1.50 bits per heavy atom. The van der Waals surface area contributed by atoms with E-state index in [0.717, 1.165) is 0 Å². The molecule has 4 heteroatoms. The summed E-state index contributed by atoms with van der Waals surface area (Å²) in [5, 5.41) is 0. The highest BCUT2D eigenvalue weighted by Gasteiger charge is 1.91. The van der Waals surface area contributed by atoms with Gasteiger partial charge in [-0.15, -0.1) is 0 Å². The standard InChI is InChI=1S/F2OS/c1-4(2)3. The van der Waals surface area contributed by atoms with Gasteiger partial charge in [-0.3, -0.25) is 0 Å². The van der Waals surface area contributed by atoms with Crippen molar-refractivity contribution in [3.8, 4) is 0 Å². The minimum Gasteiger partial charge on any atom is -0.543 e. The smallest absolute Gasteiger partial charge is 0.410 e. The highest BCUT2D eigenvalue weighted by Crippen LogP contribution is 1.85. The van der Waals surface area contributed by atoms with Crippen LogP contribution in [-0.2, 0) is 11.9 Å². The summed E-state index contributed by atoms with van der Waals surface area (Å²) in [6.45, 7) is 0. The second-order valence-corrected chi connectivity index (χ2v) is 0.553. The molecule has 0 spiro atoms. The maximum absolute atomic E-state index is 9.81. The molecule has 0 aromatic rings. The molecule has 0 saturated heterocycles. The molecule has 0 bridgehead atoms. The van der Waals surface area contributed by atoms with Crippen LogP contribution in [0, 0.1) is 0 Å². The average molecular weight is 86.1 g/mol. The van der Waals surface area contributed by atoms with E-state index in [9.17, 15) is 7.77 Å². The molecule has 0 aliphatic rings. The zero-order valence-electron chi connectivity index (χ0n) is 1.57. The lowest BCUT2D eigenvalue weighted by Crippen LogP contribution is -1.69. The van der Waals surface area contributed by atoms with Crippen molar-refractivity contribution in [2.24, 2.45) is 0 Å². The number of hydrogen-bond donors (Lipinski definition) is 0. The molecule has 1 nitrogen and oxygen atoms in total. The van der Waals surface area contributed by atoms with E-state index in [4.69, 9.17) is 4.55 Å². The Kier molecular flexibility index (Phi) is 1.55. The molecule has 0 aromatic heterocycles. The van der Waals surface area contributed by atoms with Gasteiger partial charge in [-0.25, -0.2) is 0 Å². The maximum Gasteiger partial charge on any atom is 0.410 e. The molecule has 0 rings (SSSR count). The van der Waals surface area contributed by atoms with Gasteiger partial charge in [0.15, 0.2) is 0 Å². The van der Waals surface area contributed by atoms with Crippen LogP contribution >= 0.6 is 0 Å². The summed E-state index contributed by atoms with van der Waals surface area (Å²) in [5.41, 5.74) is 0. The van der Waals surface area contributed by atoms with E-state index >= 15 is 0 Å². The normalized spacial score (nSPS) is 9.00. The quantitative estimate of drug-likeness (QED) is 0.394. The van der Waals surface area contributed by atoms with Gasteiger partial charge in [-0.1, -0.05) is 0 Å². The third-order valence-corrected chi connectivity index (χ3v) is 0. The number of halogens is 2. The first-order chi connectivity index (χ1) is 1.73. The van der Waals surface area contributed by atoms with Crippen molar-refractivity contribution in [1.29, 1.82) is 0 Å². The molecule has 0 unspecified atom stereocenters. The van der Waals surface area contributed by atoms with Crippen LogP contribution in [0.5, 0.6) is 0 Å². The minimum absolute atomic E-state index is 3.61. The first-order valence-corrected chi connectivity index (χ1v) is 1.43. The highest BCUT2D eigenvalue weighted by atomic mass is 32.3. The predicted octanol–water partition coefficient (Wildman–Crippen LogP) is 0.504. The highest BCUT2D eigenvalue weighted by molar-refractivity contribution is 7.81. The SMILES string of the molecule is [O-][S+](F)F. The lowest BCUT2D eigenvalue weighted by atomic mass is 15.9. The Hall–Kier alpha value is 0.170. The number of rotatable bonds is 0. The largest absolute Gasteiger partial charge is 0.543 e. The molecular weight excluding hydrogens is 86.1 g/mol. The van der Waals surface area contributed by atoms with Crippen LogP contribution in [0.25, 0.3) is 0 Å². The number of hydrogen-bond acceptors (Lipinski definition) is 1. The van der Waals surface area contributed by atoms with Crippen LogP contribution in [0.2, 0.25) is 0 Å². The van der Waals surface area contributed by atoms with Crippen LogP contribution in [0.3, 0.4) is 0 Å². The van der Waals surface area contributed by atoms with Gasteiger partial charge < -0.3 is 4.55 Å². The Bertz CT molecular complexity index is 10.8. The van der Waals surface area contributed by atoms with Crippen molar-refractivity contribution < 1.29 is 12.3 Å². The molecule has 26 valence electrons. The Morgan fingerprint density at radius 3 is 1.50 bits per heavy atom. The minimum atomic E-state index is -3.61. The lowest BCUT2D eigenvalue weighted by Gasteiger charge is -1.65. The second-order valence-electron chi connectivity index (χ2n) is 0.184. The van der Waals surface area contributed by atoms with E-state index in [1.807, 2.05) is 0 Å². The van der Waals surface area contributed by atoms with Gasteiger partial charge in [0, 0.05) is 0 Å². The van der Waals surface area contributed by atoms with Crippen LogP contribution in [0.1, 0.15) is 0 Å².